The molecule has 236 valence electrons. The van der Waals surface area contributed by atoms with Crippen molar-refractivity contribution in [2.75, 3.05) is 0 Å². The third-order valence-electron chi connectivity index (χ3n) is 7.03. The molecule has 0 saturated carbocycles. The van der Waals surface area contributed by atoms with E-state index in [-0.39, 0.29) is 27.2 Å². The van der Waals surface area contributed by atoms with Crippen LogP contribution in [0.15, 0.2) is 130 Å². The Bertz CT molecular complexity index is 1450. The number of allylic oxidation sites excluding steroid dienone is 20. The number of ether oxygens (including phenoxy) is 3. The molecule has 0 radical (unpaired) electrons. The average Bonchev–Trinajstić information content (AvgIpc) is 2.91. The third kappa shape index (κ3) is 9.75. The topological polar surface area (TPSA) is 75.3 Å². The van der Waals surface area contributed by atoms with Gasteiger partial charge >= 0.3 is 0 Å². The van der Waals surface area contributed by atoms with Crippen LogP contribution in [0.2, 0.25) is 0 Å². The summed E-state index contributed by atoms with van der Waals surface area (Å²) in [5.74, 6) is 4.66. The minimum absolute atomic E-state index is 0.0201. The fourth-order valence-electron chi connectivity index (χ4n) is 4.23. The van der Waals surface area contributed by atoms with E-state index in [1.807, 2.05) is 48.6 Å². The Morgan fingerprint density at radius 3 is 1.09 bits per heavy atom. The Hall–Kier alpha value is -4.48. The van der Waals surface area contributed by atoms with E-state index in [1.165, 1.54) is 0 Å². The van der Waals surface area contributed by atoms with E-state index in [1.54, 1.807) is 12.2 Å². The van der Waals surface area contributed by atoms with Crippen LogP contribution >= 0.6 is 0 Å². The fourth-order valence-corrected chi connectivity index (χ4v) is 4.23. The lowest BCUT2D eigenvalue weighted by molar-refractivity contribution is 0.161. The van der Waals surface area contributed by atoms with Crippen LogP contribution in [-0.4, -0.2) is 0 Å². The molecule has 0 aliphatic carbocycles. The first-order valence-corrected chi connectivity index (χ1v) is 15.4. The van der Waals surface area contributed by atoms with Crippen LogP contribution < -0.4 is 0 Å². The van der Waals surface area contributed by atoms with Crippen molar-refractivity contribution in [1.29, 1.82) is 10.5 Å². The third-order valence-corrected chi connectivity index (χ3v) is 7.03. The molecular weight excluding hydrogens is 556 g/mol. The Labute approximate surface area is 270 Å². The van der Waals surface area contributed by atoms with Gasteiger partial charge in [-0.1, -0.05) is 107 Å². The van der Waals surface area contributed by atoms with Crippen molar-refractivity contribution in [2.24, 2.45) is 21.7 Å². The first kappa shape index (κ1) is 35.0. The molecule has 0 aromatic rings. The molecule has 0 atom stereocenters. The van der Waals surface area contributed by atoms with Crippen molar-refractivity contribution >= 4 is 0 Å². The SMILES string of the molecule is CC(C)(C)C1=CC(=C/C=C/C2=CC(=C(C#N)C#N)C=C(/C=C/C=C3C=C(C(C)(C)C)OC(C(C)(C)C)=C3)O2)C=C(C(C)(C)C)O1. The maximum absolute atomic E-state index is 9.57. The maximum Gasteiger partial charge on any atom is 0.137 e. The van der Waals surface area contributed by atoms with Crippen LogP contribution in [0.25, 0.3) is 0 Å². The van der Waals surface area contributed by atoms with Crippen molar-refractivity contribution in [3.05, 3.63) is 130 Å². The van der Waals surface area contributed by atoms with Crippen LogP contribution in [0.5, 0.6) is 0 Å². The number of hydrogen-bond acceptors (Lipinski definition) is 5. The van der Waals surface area contributed by atoms with E-state index < -0.39 is 0 Å². The van der Waals surface area contributed by atoms with Gasteiger partial charge in [-0.2, -0.15) is 10.5 Å². The molecule has 0 N–H and O–H groups in total. The zero-order valence-corrected chi connectivity index (χ0v) is 29.0. The summed E-state index contributed by atoms with van der Waals surface area (Å²) in [6, 6.07) is 3.99. The maximum atomic E-state index is 9.57. The standard InChI is InChI=1S/C40H48N2O3/c1-37(2,3)33-19-27(20-34(44-33)38(4,5)6)15-13-17-31-23-29(30(25-41)26-42)24-32(43-31)18-14-16-28-21-35(39(7,8)9)45-36(22-28)40(10,11)12/h13-24H,1-12H3/b17-13+,18-14+. The highest BCUT2D eigenvalue weighted by Crippen LogP contribution is 2.40. The predicted molar refractivity (Wildman–Crippen MR) is 182 cm³/mol. The van der Waals surface area contributed by atoms with Gasteiger partial charge in [0.15, 0.2) is 0 Å². The first-order valence-electron chi connectivity index (χ1n) is 15.4. The van der Waals surface area contributed by atoms with Gasteiger partial charge in [-0.05, 0) is 59.8 Å². The second-order valence-electron chi connectivity index (χ2n) is 15.5. The Kier molecular flexibility index (Phi) is 10.3. The number of hydrogen-bond donors (Lipinski definition) is 0. The van der Waals surface area contributed by atoms with E-state index in [0.29, 0.717) is 17.1 Å². The molecule has 45 heavy (non-hydrogen) atoms. The molecule has 0 unspecified atom stereocenters. The molecule has 3 aliphatic heterocycles. The summed E-state index contributed by atoms with van der Waals surface area (Å²) in [4.78, 5) is 0. The normalized spacial score (nSPS) is 17.9. The second kappa shape index (κ2) is 13.3. The Morgan fingerprint density at radius 1 is 0.511 bits per heavy atom. The first-order chi connectivity index (χ1) is 20.7. The highest BCUT2D eigenvalue weighted by molar-refractivity contribution is 5.55. The summed E-state index contributed by atoms with van der Waals surface area (Å²) in [6.07, 6.45) is 23.1. The lowest BCUT2D eigenvalue weighted by atomic mass is 9.87. The van der Waals surface area contributed by atoms with Crippen LogP contribution in [-0.2, 0) is 14.2 Å². The van der Waals surface area contributed by atoms with Gasteiger partial charge in [0.2, 0.25) is 0 Å². The molecule has 3 aliphatic rings. The molecule has 0 saturated heterocycles. The van der Waals surface area contributed by atoms with Gasteiger partial charge in [0.1, 0.15) is 52.3 Å². The molecule has 5 nitrogen and oxygen atoms in total. The minimum Gasteiger partial charge on any atom is -0.465 e. The molecule has 3 heterocycles. The number of rotatable bonds is 4. The summed E-state index contributed by atoms with van der Waals surface area (Å²) in [6.45, 7) is 25.6. The molecule has 0 spiro atoms. The lowest BCUT2D eigenvalue weighted by Crippen LogP contribution is -2.21. The van der Waals surface area contributed by atoms with Crippen molar-refractivity contribution in [3.8, 4) is 12.1 Å². The molecule has 0 bridgehead atoms. The van der Waals surface area contributed by atoms with Crippen LogP contribution in [0.4, 0.5) is 0 Å². The van der Waals surface area contributed by atoms with Crippen LogP contribution in [0.1, 0.15) is 83.1 Å². The summed E-state index contributed by atoms with van der Waals surface area (Å²) in [7, 11) is 0. The molecule has 0 amide bonds. The average molecular weight is 605 g/mol. The Morgan fingerprint density at radius 2 is 0.822 bits per heavy atom. The summed E-state index contributed by atoms with van der Waals surface area (Å²) in [5, 5.41) is 19.1. The monoisotopic (exact) mass is 604 g/mol. The Balaban J connectivity index is 1.95. The fraction of sp³-hybridized carbons (Fsp3) is 0.400. The number of nitriles is 2. The van der Waals surface area contributed by atoms with Crippen molar-refractivity contribution in [1.82, 2.24) is 0 Å². The zero-order chi connectivity index (χ0) is 33.8. The lowest BCUT2D eigenvalue weighted by Gasteiger charge is -2.32. The second-order valence-corrected chi connectivity index (χ2v) is 15.5. The van der Waals surface area contributed by atoms with Crippen LogP contribution in [0, 0.1) is 44.3 Å². The number of nitrogens with zero attached hydrogens (tertiary/aromatic N) is 2. The highest BCUT2D eigenvalue weighted by atomic mass is 16.5. The largest absolute Gasteiger partial charge is 0.465 e. The minimum atomic E-state index is -0.145. The van der Waals surface area contributed by atoms with E-state index in [9.17, 15) is 10.5 Å². The van der Waals surface area contributed by atoms with Gasteiger partial charge in [-0.25, -0.2) is 0 Å². The van der Waals surface area contributed by atoms with Gasteiger partial charge in [0, 0.05) is 27.2 Å². The van der Waals surface area contributed by atoms with Gasteiger partial charge in [-0.3, -0.25) is 0 Å². The molecule has 0 aromatic carbocycles. The van der Waals surface area contributed by atoms with Crippen molar-refractivity contribution < 1.29 is 14.2 Å². The summed E-state index contributed by atoms with van der Waals surface area (Å²) < 4.78 is 18.7. The smallest absolute Gasteiger partial charge is 0.137 e. The van der Waals surface area contributed by atoms with E-state index >= 15 is 0 Å². The van der Waals surface area contributed by atoms with Gasteiger partial charge < -0.3 is 14.2 Å². The molecule has 5 heteroatoms. The van der Waals surface area contributed by atoms with Crippen LogP contribution in [0.3, 0.4) is 0 Å². The zero-order valence-electron chi connectivity index (χ0n) is 29.0. The molecule has 3 rings (SSSR count). The van der Waals surface area contributed by atoms with Gasteiger partial charge in [0.05, 0.1) is 0 Å². The summed E-state index contributed by atoms with van der Waals surface area (Å²) in [5.41, 5.74) is 1.96. The van der Waals surface area contributed by atoms with Gasteiger partial charge in [-0.15, -0.1) is 0 Å². The quantitative estimate of drug-likeness (QED) is 0.298. The van der Waals surface area contributed by atoms with E-state index in [4.69, 9.17) is 14.2 Å². The van der Waals surface area contributed by atoms with Crippen molar-refractivity contribution in [2.45, 2.75) is 83.1 Å². The molecule has 0 fully saturated rings. The van der Waals surface area contributed by atoms with E-state index in [2.05, 4.69) is 107 Å². The van der Waals surface area contributed by atoms with E-state index in [0.717, 1.165) is 34.2 Å². The summed E-state index contributed by atoms with van der Waals surface area (Å²) >= 11 is 0. The van der Waals surface area contributed by atoms with Crippen molar-refractivity contribution in [3.63, 3.8) is 0 Å². The molecule has 0 aromatic heterocycles. The molecular formula is C40H48N2O3. The van der Waals surface area contributed by atoms with Gasteiger partial charge in [0.25, 0.3) is 0 Å². The predicted octanol–water partition coefficient (Wildman–Crippen LogP) is 10.9. The highest BCUT2D eigenvalue weighted by Gasteiger charge is 2.30.